The molecule has 17 heavy (non-hydrogen) atoms. The van der Waals surface area contributed by atoms with Crippen LogP contribution in [0.3, 0.4) is 0 Å². The Labute approximate surface area is 98.7 Å². The van der Waals surface area contributed by atoms with Crippen molar-refractivity contribution < 1.29 is 11.7 Å². The van der Waals surface area contributed by atoms with Crippen LogP contribution in [0.5, 0.6) is 0 Å². The van der Waals surface area contributed by atoms with Gasteiger partial charge in [-0.2, -0.15) is 0 Å². The fraction of sp³-hybridized carbons (Fsp3) is 0.0909. The maximum Gasteiger partial charge on any atom is 0.237 e. The Morgan fingerprint density at radius 1 is 1.12 bits per heavy atom. The molecule has 0 spiro atoms. The molecular formula is C11H9F3N2S. The standard InChI is InChI=1S/C11H9F3N2S/c1-8-5-6-15-11(16-8)9-3-2-4-10(7-9)17(12,13)14/h2-7H,1H3. The van der Waals surface area contributed by atoms with Crippen molar-refractivity contribution in [2.24, 2.45) is 0 Å². The van der Waals surface area contributed by atoms with Crippen LogP contribution in [-0.4, -0.2) is 9.97 Å². The van der Waals surface area contributed by atoms with E-state index < -0.39 is 16.1 Å². The van der Waals surface area contributed by atoms with Crippen LogP contribution in [0, 0.1) is 6.92 Å². The first kappa shape index (κ1) is 11.9. The van der Waals surface area contributed by atoms with Gasteiger partial charge in [0.15, 0.2) is 5.82 Å². The lowest BCUT2D eigenvalue weighted by atomic mass is 10.2. The van der Waals surface area contributed by atoms with Crippen LogP contribution in [0.1, 0.15) is 5.69 Å². The molecule has 1 aromatic carbocycles. The average Bonchev–Trinajstić information content (AvgIpc) is 2.28. The van der Waals surface area contributed by atoms with Gasteiger partial charge in [-0.1, -0.05) is 12.1 Å². The lowest BCUT2D eigenvalue weighted by Gasteiger charge is -2.10. The molecule has 0 bridgehead atoms. The van der Waals surface area contributed by atoms with E-state index in [9.17, 15) is 11.7 Å². The summed E-state index contributed by atoms with van der Waals surface area (Å²) >= 11 is -5.20. The van der Waals surface area contributed by atoms with Gasteiger partial charge in [-0.05, 0) is 25.1 Å². The molecule has 6 heteroatoms. The Kier molecular flexibility index (Phi) is 3.06. The molecule has 0 fully saturated rings. The molecule has 0 N–H and O–H groups in total. The number of aryl methyl sites for hydroxylation is 1. The van der Waals surface area contributed by atoms with Crippen molar-refractivity contribution >= 4 is 11.2 Å². The second-order valence-electron chi connectivity index (χ2n) is 3.46. The highest BCUT2D eigenvalue weighted by Gasteiger charge is 2.24. The maximum absolute atomic E-state index is 12.6. The van der Waals surface area contributed by atoms with Crippen LogP contribution in [0.4, 0.5) is 11.7 Å². The van der Waals surface area contributed by atoms with E-state index in [1.165, 1.54) is 12.3 Å². The molecule has 2 nitrogen and oxygen atoms in total. The fourth-order valence-corrected chi connectivity index (χ4v) is 1.86. The van der Waals surface area contributed by atoms with Crippen molar-refractivity contribution in [3.05, 3.63) is 42.2 Å². The number of benzene rings is 1. The molecule has 0 saturated carbocycles. The van der Waals surface area contributed by atoms with Crippen LogP contribution < -0.4 is 0 Å². The summed E-state index contributed by atoms with van der Waals surface area (Å²) in [6, 6.07) is 6.79. The molecule has 1 aromatic heterocycles. The molecule has 2 rings (SSSR count). The van der Waals surface area contributed by atoms with Crippen molar-refractivity contribution in [2.45, 2.75) is 11.8 Å². The van der Waals surface area contributed by atoms with Gasteiger partial charge in [0, 0.05) is 17.5 Å². The normalized spacial score (nSPS) is 12.5. The van der Waals surface area contributed by atoms with Crippen LogP contribution in [0.2, 0.25) is 0 Å². The largest absolute Gasteiger partial charge is 0.237 e. The monoisotopic (exact) mass is 258 g/mol. The number of hydrogen-bond donors (Lipinski definition) is 0. The lowest BCUT2D eigenvalue weighted by molar-refractivity contribution is 0.633. The molecule has 0 aliphatic rings. The van der Waals surface area contributed by atoms with Crippen molar-refractivity contribution in [1.29, 1.82) is 0 Å². The van der Waals surface area contributed by atoms with E-state index in [-0.39, 0.29) is 0 Å². The van der Waals surface area contributed by atoms with Gasteiger partial charge in [-0.3, -0.25) is 0 Å². The second kappa shape index (κ2) is 4.37. The molecule has 2 aromatic rings. The molecule has 0 atom stereocenters. The van der Waals surface area contributed by atoms with Crippen LogP contribution in [-0.2, 0) is 0 Å². The highest BCUT2D eigenvalue weighted by atomic mass is 32.3. The van der Waals surface area contributed by atoms with E-state index in [1.54, 1.807) is 19.1 Å². The highest BCUT2D eigenvalue weighted by molar-refractivity contribution is 8.20. The third kappa shape index (κ3) is 2.76. The summed E-state index contributed by atoms with van der Waals surface area (Å²) in [6.45, 7) is 1.77. The van der Waals surface area contributed by atoms with Crippen molar-refractivity contribution in [3.8, 4) is 11.4 Å². The Balaban J connectivity index is 2.47. The van der Waals surface area contributed by atoms with Gasteiger partial charge in [-0.15, -0.1) is 11.7 Å². The maximum atomic E-state index is 12.6. The second-order valence-corrected chi connectivity index (χ2v) is 4.74. The molecule has 0 saturated heterocycles. The van der Waals surface area contributed by atoms with Gasteiger partial charge < -0.3 is 0 Å². The minimum absolute atomic E-state index is 0.315. The van der Waals surface area contributed by atoms with E-state index in [0.29, 0.717) is 11.4 Å². The first-order valence-electron chi connectivity index (χ1n) is 4.79. The van der Waals surface area contributed by atoms with Gasteiger partial charge in [0.25, 0.3) is 0 Å². The molecule has 0 radical (unpaired) electrons. The minimum Gasteiger partial charge on any atom is -0.237 e. The molecular weight excluding hydrogens is 249 g/mol. The molecule has 0 aliphatic heterocycles. The summed E-state index contributed by atoms with van der Waals surface area (Å²) < 4.78 is 37.8. The van der Waals surface area contributed by atoms with E-state index in [4.69, 9.17) is 0 Å². The van der Waals surface area contributed by atoms with Gasteiger partial charge in [0.2, 0.25) is 11.2 Å². The zero-order chi connectivity index (χ0) is 12.5. The van der Waals surface area contributed by atoms with Crippen molar-refractivity contribution in [1.82, 2.24) is 9.97 Å². The van der Waals surface area contributed by atoms with Crippen molar-refractivity contribution in [2.75, 3.05) is 0 Å². The van der Waals surface area contributed by atoms with Gasteiger partial charge in [0.05, 0.1) is 4.90 Å². The van der Waals surface area contributed by atoms with Gasteiger partial charge in [-0.25, -0.2) is 9.97 Å². The number of hydrogen-bond acceptors (Lipinski definition) is 2. The van der Waals surface area contributed by atoms with E-state index in [2.05, 4.69) is 9.97 Å². The topological polar surface area (TPSA) is 25.8 Å². The molecule has 0 unspecified atom stereocenters. The summed E-state index contributed by atoms with van der Waals surface area (Å²) in [7, 11) is 0. The van der Waals surface area contributed by atoms with Crippen LogP contribution in [0.25, 0.3) is 11.4 Å². The number of halogens is 3. The quantitative estimate of drug-likeness (QED) is 0.804. The highest BCUT2D eigenvalue weighted by Crippen LogP contribution is 2.60. The van der Waals surface area contributed by atoms with Crippen LogP contribution in [0.15, 0.2) is 41.4 Å². The summed E-state index contributed by atoms with van der Waals surface area (Å²) in [5, 5.41) is 0. The Hall–Kier alpha value is -1.56. The first-order valence-corrected chi connectivity index (χ1v) is 6.12. The first-order chi connectivity index (χ1) is 7.97. The summed E-state index contributed by atoms with van der Waals surface area (Å²) in [5.74, 6) is 0.315. The number of rotatable bonds is 2. The molecule has 0 aliphatic carbocycles. The predicted molar refractivity (Wildman–Crippen MR) is 61.4 cm³/mol. The summed E-state index contributed by atoms with van der Waals surface area (Å²) in [6.07, 6.45) is 1.53. The molecule has 1 heterocycles. The molecule has 0 amide bonds. The van der Waals surface area contributed by atoms with E-state index in [1.807, 2.05) is 0 Å². The number of nitrogens with zero attached hydrogens (tertiary/aromatic N) is 2. The van der Waals surface area contributed by atoms with Crippen molar-refractivity contribution in [3.63, 3.8) is 0 Å². The fourth-order valence-electron chi connectivity index (χ4n) is 1.37. The zero-order valence-corrected chi connectivity index (χ0v) is 9.72. The summed E-state index contributed by atoms with van der Waals surface area (Å²) in [4.78, 5) is 7.45. The summed E-state index contributed by atoms with van der Waals surface area (Å²) in [5.41, 5.74) is 1.11. The zero-order valence-electron chi connectivity index (χ0n) is 8.90. The minimum atomic E-state index is -5.20. The predicted octanol–water partition coefficient (Wildman–Crippen LogP) is 4.27. The molecule has 90 valence electrons. The van der Waals surface area contributed by atoms with Gasteiger partial charge in [0.1, 0.15) is 0 Å². The van der Waals surface area contributed by atoms with Crippen LogP contribution >= 0.6 is 11.2 Å². The Bertz CT molecular complexity index is 540. The smallest absolute Gasteiger partial charge is 0.237 e. The number of aromatic nitrogens is 2. The third-order valence-electron chi connectivity index (χ3n) is 2.15. The average molecular weight is 258 g/mol. The van der Waals surface area contributed by atoms with E-state index >= 15 is 0 Å². The van der Waals surface area contributed by atoms with Gasteiger partial charge >= 0.3 is 0 Å². The van der Waals surface area contributed by atoms with E-state index in [0.717, 1.165) is 17.8 Å². The SMILES string of the molecule is Cc1ccnc(-c2cccc(S(F)(F)F)c2)n1. The lowest BCUT2D eigenvalue weighted by Crippen LogP contribution is -1.91. The Morgan fingerprint density at radius 2 is 1.88 bits per heavy atom. The third-order valence-corrected chi connectivity index (χ3v) is 2.94. The Morgan fingerprint density at radius 3 is 2.53 bits per heavy atom.